The maximum Gasteiger partial charge on any atom is 0.256 e. The molecule has 0 bridgehead atoms. The lowest BCUT2D eigenvalue weighted by atomic mass is 9.93. The lowest BCUT2D eigenvalue weighted by Gasteiger charge is -2.27. The zero-order chi connectivity index (χ0) is 14.9. The van der Waals surface area contributed by atoms with E-state index in [0.717, 1.165) is 35.3 Å². The number of aromatic nitrogens is 2. The van der Waals surface area contributed by atoms with Gasteiger partial charge >= 0.3 is 0 Å². The highest BCUT2D eigenvalue weighted by Gasteiger charge is 2.28. The van der Waals surface area contributed by atoms with Crippen molar-refractivity contribution in [3.63, 3.8) is 0 Å². The molecule has 0 saturated heterocycles. The fourth-order valence-electron chi connectivity index (χ4n) is 2.71. The van der Waals surface area contributed by atoms with E-state index in [4.69, 9.17) is 10.5 Å². The smallest absolute Gasteiger partial charge is 0.256 e. The summed E-state index contributed by atoms with van der Waals surface area (Å²) in [7, 11) is 6.56. The Kier molecular flexibility index (Phi) is 4.28. The lowest BCUT2D eigenvalue weighted by molar-refractivity contribution is -0.870. The molecule has 0 aliphatic carbocycles. The number of nitrogens with two attached hydrogens (primary N) is 1. The van der Waals surface area contributed by atoms with E-state index in [1.54, 1.807) is 0 Å². The van der Waals surface area contributed by atoms with E-state index in [1.807, 2.05) is 0 Å². The zero-order valence-corrected chi connectivity index (χ0v) is 13.5. The fraction of sp³-hybridized carbons (Fsp3) is 0.800. The minimum absolute atomic E-state index is 0.407. The highest BCUT2D eigenvalue weighted by Crippen LogP contribution is 2.36. The minimum atomic E-state index is 0.407. The molecule has 1 aromatic rings. The summed E-state index contributed by atoms with van der Waals surface area (Å²) in [6, 6.07) is 0.407. The second-order valence-corrected chi connectivity index (χ2v) is 7.08. The third kappa shape index (κ3) is 3.26. The van der Waals surface area contributed by atoms with Gasteiger partial charge in [-0.05, 0) is 25.7 Å². The number of nitrogens with zero attached hydrogens (tertiary/aromatic N) is 3. The average Bonchev–Trinajstić information content (AvgIpc) is 2.67. The van der Waals surface area contributed by atoms with Gasteiger partial charge in [-0.3, -0.25) is 4.68 Å². The van der Waals surface area contributed by atoms with Gasteiger partial charge in [0.05, 0.1) is 46.0 Å². The van der Waals surface area contributed by atoms with Gasteiger partial charge < -0.3 is 15.0 Å². The monoisotopic (exact) mass is 281 g/mol. The first-order chi connectivity index (χ1) is 9.29. The maximum atomic E-state index is 6.19. The molecule has 1 aliphatic heterocycles. The van der Waals surface area contributed by atoms with Crippen LogP contribution < -0.4 is 10.5 Å². The SMILES string of the molecule is CC1CCc2c(N)c(OCCC[N+](C)(C)C)nn2C1C. The van der Waals surface area contributed by atoms with E-state index in [-0.39, 0.29) is 0 Å². The second-order valence-electron chi connectivity index (χ2n) is 7.08. The van der Waals surface area contributed by atoms with Crippen molar-refractivity contribution in [3.8, 4) is 5.88 Å². The van der Waals surface area contributed by atoms with Gasteiger partial charge in [-0.1, -0.05) is 6.92 Å². The van der Waals surface area contributed by atoms with Crippen molar-refractivity contribution >= 4 is 5.69 Å². The molecule has 0 radical (unpaired) electrons. The molecule has 2 N–H and O–H groups in total. The van der Waals surface area contributed by atoms with Crippen LogP contribution in [-0.4, -0.2) is 48.6 Å². The third-order valence-corrected chi connectivity index (χ3v) is 4.27. The van der Waals surface area contributed by atoms with E-state index in [0.29, 0.717) is 24.4 Å². The van der Waals surface area contributed by atoms with Crippen LogP contribution in [0.4, 0.5) is 5.69 Å². The molecule has 2 rings (SSSR count). The van der Waals surface area contributed by atoms with Crippen LogP contribution in [0.3, 0.4) is 0 Å². The van der Waals surface area contributed by atoms with Crippen molar-refractivity contribution in [2.24, 2.45) is 5.92 Å². The summed E-state index contributed by atoms with van der Waals surface area (Å²) < 4.78 is 8.82. The standard InChI is InChI=1S/C15H29N4O/c1-11-7-8-13-14(16)15(17-18(13)12(11)2)20-10-6-9-19(3,4)5/h11-12H,6-10,16H2,1-5H3/q+1. The van der Waals surface area contributed by atoms with Crippen LogP contribution in [0.1, 0.15) is 38.4 Å². The van der Waals surface area contributed by atoms with Crippen LogP contribution in [0.25, 0.3) is 0 Å². The normalized spacial score (nSPS) is 22.6. The third-order valence-electron chi connectivity index (χ3n) is 4.27. The summed E-state index contributed by atoms with van der Waals surface area (Å²) in [5.41, 5.74) is 8.08. The van der Waals surface area contributed by atoms with Crippen LogP contribution in [-0.2, 0) is 6.42 Å². The topological polar surface area (TPSA) is 53.1 Å². The van der Waals surface area contributed by atoms with Crippen LogP contribution in [0.15, 0.2) is 0 Å². The summed E-state index contributed by atoms with van der Waals surface area (Å²) in [6.07, 6.45) is 3.20. The summed E-state index contributed by atoms with van der Waals surface area (Å²) >= 11 is 0. The van der Waals surface area contributed by atoms with E-state index >= 15 is 0 Å². The van der Waals surface area contributed by atoms with Gasteiger partial charge in [-0.15, -0.1) is 5.10 Å². The Balaban J connectivity index is 1.98. The molecule has 5 heteroatoms. The molecule has 1 aromatic heterocycles. The van der Waals surface area contributed by atoms with Gasteiger partial charge in [-0.25, -0.2) is 0 Å². The summed E-state index contributed by atoms with van der Waals surface area (Å²) in [4.78, 5) is 0. The van der Waals surface area contributed by atoms with Crippen LogP contribution in [0.5, 0.6) is 5.88 Å². The van der Waals surface area contributed by atoms with Crippen molar-refractivity contribution in [1.82, 2.24) is 9.78 Å². The summed E-state index contributed by atoms with van der Waals surface area (Å²) in [6.45, 7) is 6.24. The van der Waals surface area contributed by atoms with Crippen molar-refractivity contribution in [2.75, 3.05) is 40.0 Å². The second kappa shape index (κ2) is 5.64. The molecule has 0 amide bonds. The Morgan fingerprint density at radius 2 is 2.05 bits per heavy atom. The quantitative estimate of drug-likeness (QED) is 0.664. The van der Waals surface area contributed by atoms with Gasteiger partial charge in [0.2, 0.25) is 0 Å². The van der Waals surface area contributed by atoms with Crippen molar-refractivity contribution in [1.29, 1.82) is 0 Å². The highest BCUT2D eigenvalue weighted by molar-refractivity contribution is 5.53. The Hall–Kier alpha value is -1.23. The number of nitrogen functional groups attached to an aromatic ring is 1. The van der Waals surface area contributed by atoms with Crippen LogP contribution in [0, 0.1) is 5.92 Å². The van der Waals surface area contributed by atoms with Crippen molar-refractivity contribution in [3.05, 3.63) is 5.69 Å². The number of rotatable bonds is 5. The molecule has 2 unspecified atom stereocenters. The molecule has 1 aliphatic rings. The fourth-order valence-corrected chi connectivity index (χ4v) is 2.71. The maximum absolute atomic E-state index is 6.19. The Labute approximate surface area is 122 Å². The molecule has 5 nitrogen and oxygen atoms in total. The Morgan fingerprint density at radius 1 is 1.35 bits per heavy atom. The molecule has 2 heterocycles. The number of fused-ring (bicyclic) bond motifs is 1. The average molecular weight is 281 g/mol. The number of hydrogen-bond donors (Lipinski definition) is 1. The number of quaternary nitrogens is 1. The molecule has 0 saturated carbocycles. The van der Waals surface area contributed by atoms with Gasteiger partial charge in [0.1, 0.15) is 5.69 Å². The molecular formula is C15H29N4O+. The first kappa shape index (κ1) is 15.2. The Bertz CT molecular complexity index is 461. The van der Waals surface area contributed by atoms with E-state index in [1.165, 1.54) is 6.42 Å². The first-order valence-electron chi connectivity index (χ1n) is 7.59. The molecule has 0 spiro atoms. The molecule has 20 heavy (non-hydrogen) atoms. The predicted octanol–water partition coefficient (Wildman–Crippen LogP) is 2.08. The number of ether oxygens (including phenoxy) is 1. The molecule has 114 valence electrons. The van der Waals surface area contributed by atoms with Crippen molar-refractivity contribution < 1.29 is 9.22 Å². The Morgan fingerprint density at radius 3 is 2.70 bits per heavy atom. The summed E-state index contributed by atoms with van der Waals surface area (Å²) in [5.74, 6) is 1.27. The van der Waals surface area contributed by atoms with Crippen LogP contribution >= 0.6 is 0 Å². The van der Waals surface area contributed by atoms with Gasteiger partial charge in [0, 0.05) is 6.42 Å². The van der Waals surface area contributed by atoms with Gasteiger partial charge in [0.25, 0.3) is 5.88 Å². The molecule has 0 fully saturated rings. The molecule has 2 atom stereocenters. The van der Waals surface area contributed by atoms with Crippen LogP contribution in [0.2, 0.25) is 0 Å². The van der Waals surface area contributed by atoms with Gasteiger partial charge in [0.15, 0.2) is 0 Å². The highest BCUT2D eigenvalue weighted by atomic mass is 16.5. The predicted molar refractivity (Wildman–Crippen MR) is 81.8 cm³/mol. The molecular weight excluding hydrogens is 252 g/mol. The largest absolute Gasteiger partial charge is 0.475 e. The van der Waals surface area contributed by atoms with E-state index in [9.17, 15) is 0 Å². The minimum Gasteiger partial charge on any atom is -0.475 e. The zero-order valence-electron chi connectivity index (χ0n) is 13.5. The number of anilines is 1. The molecule has 0 aromatic carbocycles. The summed E-state index contributed by atoms with van der Waals surface area (Å²) in [5, 5.41) is 4.58. The van der Waals surface area contributed by atoms with E-state index < -0.39 is 0 Å². The van der Waals surface area contributed by atoms with Gasteiger partial charge in [-0.2, -0.15) is 0 Å². The van der Waals surface area contributed by atoms with E-state index in [2.05, 4.69) is 44.8 Å². The lowest BCUT2D eigenvalue weighted by Crippen LogP contribution is -2.36. The van der Waals surface area contributed by atoms with Crippen molar-refractivity contribution in [2.45, 2.75) is 39.2 Å². The number of hydrogen-bond acceptors (Lipinski definition) is 3. The first-order valence-corrected chi connectivity index (χ1v) is 7.59.